The van der Waals surface area contributed by atoms with Crippen molar-refractivity contribution in [1.29, 1.82) is 0 Å². The summed E-state index contributed by atoms with van der Waals surface area (Å²) in [4.78, 5) is 23.6. The van der Waals surface area contributed by atoms with Crippen molar-refractivity contribution in [1.82, 2.24) is 30.2 Å². The Kier molecular flexibility index (Phi) is 6.75. The highest BCUT2D eigenvalue weighted by atomic mass is 16.5. The Balaban J connectivity index is 1.23. The van der Waals surface area contributed by atoms with Crippen LogP contribution >= 0.6 is 0 Å². The standard InChI is InChI=1S/C29H32N10O2/c1-29(2,3)22-16-23(37-41-22)35-28(40)34-19-6-10-21(11-7-19)39-27-24(26(30)32-17-33-27)25(36-39)18-4-8-20(9-5-18)38-14-12-31-13-15-38/h4-11,16-17,31H,12-15H2,1-3H3,(H2,30,32,33)(H2,34,35,37,40). The number of urea groups is 1. The van der Waals surface area contributed by atoms with Crippen LogP contribution in [0.2, 0.25) is 0 Å². The van der Waals surface area contributed by atoms with Crippen molar-refractivity contribution in [3.05, 3.63) is 66.7 Å². The molecule has 0 aliphatic carbocycles. The smallest absolute Gasteiger partial charge is 0.324 e. The zero-order valence-corrected chi connectivity index (χ0v) is 23.2. The summed E-state index contributed by atoms with van der Waals surface area (Å²) < 4.78 is 7.07. The molecule has 5 N–H and O–H groups in total. The second-order valence-electron chi connectivity index (χ2n) is 11.0. The highest BCUT2D eigenvalue weighted by Crippen LogP contribution is 2.33. The zero-order valence-electron chi connectivity index (χ0n) is 23.2. The van der Waals surface area contributed by atoms with Crippen LogP contribution in [0.4, 0.5) is 27.8 Å². The van der Waals surface area contributed by atoms with Gasteiger partial charge >= 0.3 is 6.03 Å². The number of piperazine rings is 1. The molecular weight excluding hydrogens is 520 g/mol. The molecular formula is C29H32N10O2. The van der Waals surface area contributed by atoms with Crippen LogP contribution in [-0.2, 0) is 5.41 Å². The van der Waals surface area contributed by atoms with Gasteiger partial charge in [0.15, 0.2) is 11.5 Å². The van der Waals surface area contributed by atoms with E-state index >= 15 is 0 Å². The van der Waals surface area contributed by atoms with E-state index in [1.807, 2.05) is 32.9 Å². The minimum atomic E-state index is -0.428. The van der Waals surface area contributed by atoms with Crippen LogP contribution in [0.1, 0.15) is 26.5 Å². The van der Waals surface area contributed by atoms with Gasteiger partial charge in [0.25, 0.3) is 0 Å². The number of nitrogen functional groups attached to an aromatic ring is 1. The lowest BCUT2D eigenvalue weighted by atomic mass is 9.93. The summed E-state index contributed by atoms with van der Waals surface area (Å²) in [6.07, 6.45) is 1.43. The van der Waals surface area contributed by atoms with Gasteiger partial charge in [-0.15, -0.1) is 0 Å². The van der Waals surface area contributed by atoms with Gasteiger partial charge in [0, 0.05) is 54.6 Å². The van der Waals surface area contributed by atoms with E-state index in [1.165, 1.54) is 12.0 Å². The second kappa shape index (κ2) is 10.5. The maximum atomic E-state index is 12.5. The van der Waals surface area contributed by atoms with Gasteiger partial charge in [0.1, 0.15) is 23.6 Å². The lowest BCUT2D eigenvalue weighted by Crippen LogP contribution is -2.43. The fraction of sp³-hybridized carbons (Fsp3) is 0.276. The number of nitrogens with one attached hydrogen (secondary N) is 3. The van der Waals surface area contributed by atoms with E-state index in [9.17, 15) is 4.79 Å². The van der Waals surface area contributed by atoms with Gasteiger partial charge in [-0.05, 0) is 36.4 Å². The van der Waals surface area contributed by atoms with Crippen LogP contribution in [0.3, 0.4) is 0 Å². The molecule has 12 nitrogen and oxygen atoms in total. The van der Waals surface area contributed by atoms with Crippen molar-refractivity contribution < 1.29 is 9.32 Å². The van der Waals surface area contributed by atoms with E-state index in [4.69, 9.17) is 15.4 Å². The van der Waals surface area contributed by atoms with E-state index in [0.29, 0.717) is 39.8 Å². The van der Waals surface area contributed by atoms with Crippen LogP contribution in [0.5, 0.6) is 0 Å². The number of anilines is 4. The Bertz CT molecular complexity index is 1680. The van der Waals surface area contributed by atoms with Crippen LogP contribution in [-0.4, -0.2) is 57.1 Å². The van der Waals surface area contributed by atoms with Gasteiger partial charge in [-0.1, -0.05) is 38.1 Å². The first-order valence-corrected chi connectivity index (χ1v) is 13.5. The number of aromatic nitrogens is 5. The molecule has 2 aromatic carbocycles. The van der Waals surface area contributed by atoms with E-state index in [0.717, 1.165) is 37.4 Å². The largest absolute Gasteiger partial charge is 0.383 e. The molecule has 2 amide bonds. The maximum absolute atomic E-state index is 12.5. The minimum Gasteiger partial charge on any atom is -0.383 e. The van der Waals surface area contributed by atoms with Gasteiger partial charge in [-0.2, -0.15) is 5.10 Å². The SMILES string of the molecule is CC(C)(C)c1cc(NC(=O)Nc2ccc(-n3nc(-c4ccc(N5CCNCC5)cc4)c4c(N)ncnc43)cc2)no1. The highest BCUT2D eigenvalue weighted by Gasteiger charge is 2.21. The van der Waals surface area contributed by atoms with E-state index in [1.54, 1.807) is 22.9 Å². The molecule has 3 aromatic heterocycles. The summed E-state index contributed by atoms with van der Waals surface area (Å²) in [6, 6.07) is 16.9. The highest BCUT2D eigenvalue weighted by molar-refractivity contribution is 6.00. The number of rotatable bonds is 5. The van der Waals surface area contributed by atoms with Crippen LogP contribution in [0.25, 0.3) is 28.0 Å². The number of hydrogen-bond donors (Lipinski definition) is 4. The van der Waals surface area contributed by atoms with Crippen LogP contribution in [0, 0.1) is 0 Å². The number of nitrogens with zero attached hydrogens (tertiary/aromatic N) is 6. The van der Waals surface area contributed by atoms with Crippen LogP contribution in [0.15, 0.2) is 65.4 Å². The lowest BCUT2D eigenvalue weighted by molar-refractivity contribution is 0.262. The van der Waals surface area contributed by atoms with Gasteiger partial charge in [0.05, 0.1) is 11.1 Å². The van der Waals surface area contributed by atoms with Crippen molar-refractivity contribution in [3.8, 4) is 16.9 Å². The predicted octanol–water partition coefficient (Wildman–Crippen LogP) is 4.40. The number of nitrogens with two attached hydrogens (primary N) is 1. The molecule has 0 radical (unpaired) electrons. The monoisotopic (exact) mass is 552 g/mol. The molecule has 5 aromatic rings. The molecule has 1 aliphatic rings. The van der Waals surface area contributed by atoms with Crippen molar-refractivity contribution in [2.75, 3.05) is 47.4 Å². The Morgan fingerprint density at radius 3 is 2.37 bits per heavy atom. The molecule has 1 aliphatic heterocycles. The van der Waals surface area contributed by atoms with E-state index < -0.39 is 6.03 Å². The van der Waals surface area contributed by atoms with Gasteiger partial charge in [0.2, 0.25) is 0 Å². The number of amides is 2. The normalized spacial score (nSPS) is 13.9. The first-order valence-electron chi connectivity index (χ1n) is 13.5. The third-order valence-electron chi connectivity index (χ3n) is 6.98. The number of carbonyl (C=O) groups is 1. The molecule has 12 heteroatoms. The molecule has 0 spiro atoms. The summed E-state index contributed by atoms with van der Waals surface area (Å²) in [5.41, 5.74) is 10.9. The molecule has 210 valence electrons. The molecule has 0 saturated carbocycles. The van der Waals surface area contributed by atoms with Crippen molar-refractivity contribution in [3.63, 3.8) is 0 Å². The average molecular weight is 553 g/mol. The van der Waals surface area contributed by atoms with Crippen molar-refractivity contribution in [2.45, 2.75) is 26.2 Å². The Labute approximate surface area is 236 Å². The Morgan fingerprint density at radius 2 is 1.68 bits per heavy atom. The van der Waals surface area contributed by atoms with Crippen molar-refractivity contribution in [2.24, 2.45) is 0 Å². The van der Waals surface area contributed by atoms with E-state index in [-0.39, 0.29) is 5.41 Å². The molecule has 6 rings (SSSR count). The van der Waals surface area contributed by atoms with Crippen molar-refractivity contribution >= 4 is 40.1 Å². The number of fused-ring (bicyclic) bond motifs is 1. The Morgan fingerprint density at radius 1 is 0.976 bits per heavy atom. The molecule has 0 unspecified atom stereocenters. The summed E-state index contributed by atoms with van der Waals surface area (Å²) in [6.45, 7) is 9.93. The first kappa shape index (κ1) is 26.3. The predicted molar refractivity (Wildman–Crippen MR) is 159 cm³/mol. The summed E-state index contributed by atoms with van der Waals surface area (Å²) in [5, 5.41) is 18.4. The van der Waals surface area contributed by atoms with Gasteiger partial charge in [-0.3, -0.25) is 5.32 Å². The zero-order chi connectivity index (χ0) is 28.6. The Hall–Kier alpha value is -4.97. The molecule has 0 atom stereocenters. The maximum Gasteiger partial charge on any atom is 0.324 e. The molecule has 0 bridgehead atoms. The summed E-state index contributed by atoms with van der Waals surface area (Å²) in [5.74, 6) is 1.39. The topological polar surface area (TPSA) is 152 Å². The summed E-state index contributed by atoms with van der Waals surface area (Å²) >= 11 is 0. The fourth-order valence-electron chi connectivity index (χ4n) is 4.76. The first-order chi connectivity index (χ1) is 19.8. The molecule has 1 fully saturated rings. The third-order valence-corrected chi connectivity index (χ3v) is 6.98. The second-order valence-corrected chi connectivity index (χ2v) is 11.0. The lowest BCUT2D eigenvalue weighted by Gasteiger charge is -2.29. The molecule has 4 heterocycles. The third kappa shape index (κ3) is 5.41. The average Bonchev–Trinajstić information content (AvgIpc) is 3.60. The fourth-order valence-corrected chi connectivity index (χ4v) is 4.76. The van der Waals surface area contributed by atoms with Crippen LogP contribution < -0.4 is 26.6 Å². The number of carbonyl (C=O) groups excluding carboxylic acids is 1. The van der Waals surface area contributed by atoms with Gasteiger partial charge < -0.3 is 25.8 Å². The quantitative estimate of drug-likeness (QED) is 0.248. The number of benzene rings is 2. The summed E-state index contributed by atoms with van der Waals surface area (Å²) in [7, 11) is 0. The minimum absolute atomic E-state index is 0.209. The molecule has 1 saturated heterocycles. The molecule has 41 heavy (non-hydrogen) atoms. The van der Waals surface area contributed by atoms with Gasteiger partial charge in [-0.25, -0.2) is 19.4 Å². The van der Waals surface area contributed by atoms with E-state index in [2.05, 4.69) is 60.2 Å². The number of hydrogen-bond acceptors (Lipinski definition) is 9.